The van der Waals surface area contributed by atoms with Crippen LogP contribution in [0.3, 0.4) is 0 Å². The number of aliphatic imine (C=N–C) groups is 1. The van der Waals surface area contributed by atoms with Crippen LogP contribution in [0.15, 0.2) is 65.7 Å². The summed E-state index contributed by atoms with van der Waals surface area (Å²) < 4.78 is 0. The van der Waals surface area contributed by atoms with E-state index in [-0.39, 0.29) is 6.04 Å². The standard InChI is InChI=1S/C21H25ClN4/c1-16(19-7-3-4-8-20(19)22)25-21(23-2)24-15-17-9-11-18(12-10-17)26-13-5-6-14-26/h3-12,16H,13-15H2,1-2H3,(H2,23,24,25). The van der Waals surface area contributed by atoms with Crippen molar-refractivity contribution in [3.63, 3.8) is 0 Å². The molecule has 26 heavy (non-hydrogen) atoms. The summed E-state index contributed by atoms with van der Waals surface area (Å²) in [7, 11) is 1.78. The fourth-order valence-electron chi connectivity index (χ4n) is 3.00. The predicted octanol–water partition coefficient (Wildman–Crippen LogP) is 4.14. The zero-order valence-corrected chi connectivity index (χ0v) is 16.0. The van der Waals surface area contributed by atoms with Crippen molar-refractivity contribution in [2.24, 2.45) is 4.99 Å². The summed E-state index contributed by atoms with van der Waals surface area (Å²) in [6, 6.07) is 16.6. The quantitative estimate of drug-likeness (QED) is 0.473. The van der Waals surface area contributed by atoms with Gasteiger partial charge in [0.1, 0.15) is 0 Å². The first-order chi connectivity index (χ1) is 12.7. The van der Waals surface area contributed by atoms with E-state index in [9.17, 15) is 0 Å². The van der Waals surface area contributed by atoms with Gasteiger partial charge in [0.2, 0.25) is 0 Å². The van der Waals surface area contributed by atoms with Gasteiger partial charge in [0.15, 0.2) is 5.96 Å². The second-order valence-electron chi connectivity index (χ2n) is 6.36. The summed E-state index contributed by atoms with van der Waals surface area (Å²) in [5.41, 5.74) is 3.53. The van der Waals surface area contributed by atoms with Crippen molar-refractivity contribution in [1.82, 2.24) is 10.6 Å². The van der Waals surface area contributed by atoms with Crippen molar-refractivity contribution >= 4 is 23.2 Å². The number of hydrogen-bond acceptors (Lipinski definition) is 2. The molecule has 1 aliphatic heterocycles. The Labute approximate surface area is 160 Å². The Morgan fingerprint density at radius 1 is 1.12 bits per heavy atom. The molecule has 1 atom stereocenters. The highest BCUT2D eigenvalue weighted by atomic mass is 35.5. The fraction of sp³-hybridized carbons (Fsp3) is 0.286. The minimum Gasteiger partial charge on any atom is -0.364 e. The molecule has 0 aliphatic carbocycles. The molecule has 5 heteroatoms. The molecule has 2 N–H and O–H groups in total. The number of guanidine groups is 1. The van der Waals surface area contributed by atoms with E-state index in [1.54, 1.807) is 7.05 Å². The van der Waals surface area contributed by atoms with Crippen LogP contribution in [0.1, 0.15) is 24.1 Å². The highest BCUT2D eigenvalue weighted by Gasteiger charge is 2.11. The van der Waals surface area contributed by atoms with Gasteiger partial charge in [-0.15, -0.1) is 0 Å². The van der Waals surface area contributed by atoms with Crippen molar-refractivity contribution in [2.75, 3.05) is 25.0 Å². The zero-order chi connectivity index (χ0) is 18.4. The molecule has 0 radical (unpaired) electrons. The maximum atomic E-state index is 6.28. The average Bonchev–Trinajstić information content (AvgIpc) is 3.20. The largest absolute Gasteiger partial charge is 0.364 e. The highest BCUT2D eigenvalue weighted by Crippen LogP contribution is 2.22. The minimum absolute atomic E-state index is 0.0694. The Kier molecular flexibility index (Phi) is 6.18. The van der Waals surface area contributed by atoms with E-state index in [1.165, 1.54) is 11.3 Å². The topological polar surface area (TPSA) is 39.7 Å². The molecular weight excluding hydrogens is 344 g/mol. The first kappa shape index (κ1) is 18.3. The van der Waals surface area contributed by atoms with Gasteiger partial charge in [-0.1, -0.05) is 54.1 Å². The molecule has 136 valence electrons. The van der Waals surface area contributed by atoms with Gasteiger partial charge in [0.05, 0.1) is 6.04 Å². The molecule has 2 aromatic carbocycles. The Hall–Kier alpha value is -2.46. The zero-order valence-electron chi connectivity index (χ0n) is 15.2. The predicted molar refractivity (Wildman–Crippen MR) is 111 cm³/mol. The Morgan fingerprint density at radius 2 is 1.81 bits per heavy atom. The summed E-state index contributed by atoms with van der Waals surface area (Å²) in [6.45, 7) is 4.78. The molecule has 0 amide bonds. The Morgan fingerprint density at radius 3 is 2.46 bits per heavy atom. The summed E-state index contributed by atoms with van der Waals surface area (Å²) in [5, 5.41) is 7.51. The van der Waals surface area contributed by atoms with E-state index in [0.717, 1.165) is 29.6 Å². The number of nitrogens with one attached hydrogen (secondary N) is 2. The summed E-state index contributed by atoms with van der Waals surface area (Å²) >= 11 is 6.28. The number of nitrogens with zero attached hydrogens (tertiary/aromatic N) is 2. The van der Waals surface area contributed by atoms with Gasteiger partial charge in [-0.2, -0.15) is 0 Å². The molecule has 0 spiro atoms. The normalized spacial score (nSPS) is 15.2. The third-order valence-corrected chi connectivity index (χ3v) is 4.87. The monoisotopic (exact) mass is 368 g/mol. The molecule has 0 saturated heterocycles. The first-order valence-corrected chi connectivity index (χ1v) is 9.25. The molecule has 1 unspecified atom stereocenters. The number of halogens is 1. The molecule has 0 fully saturated rings. The molecule has 0 bridgehead atoms. The van der Waals surface area contributed by atoms with Crippen LogP contribution in [-0.4, -0.2) is 26.1 Å². The molecule has 1 aliphatic rings. The van der Waals surface area contributed by atoms with Crippen LogP contribution in [0.25, 0.3) is 0 Å². The van der Waals surface area contributed by atoms with Crippen molar-refractivity contribution in [3.05, 3.63) is 76.8 Å². The molecule has 1 heterocycles. The van der Waals surface area contributed by atoms with Gasteiger partial charge in [-0.3, -0.25) is 4.99 Å². The second-order valence-corrected chi connectivity index (χ2v) is 6.76. The average molecular weight is 369 g/mol. The lowest BCUT2D eigenvalue weighted by atomic mass is 10.1. The Bertz CT molecular complexity index is 775. The molecule has 2 aromatic rings. The van der Waals surface area contributed by atoms with Crippen molar-refractivity contribution in [1.29, 1.82) is 0 Å². The summed E-state index contributed by atoms with van der Waals surface area (Å²) in [5.74, 6) is 0.755. The minimum atomic E-state index is 0.0694. The lowest BCUT2D eigenvalue weighted by molar-refractivity contribution is 0.685. The number of anilines is 1. The SMILES string of the molecule is CN=C(NCc1ccc(N2CC=CC2)cc1)NC(C)c1ccccc1Cl. The maximum absolute atomic E-state index is 6.28. The van der Waals surface area contributed by atoms with Gasteiger partial charge >= 0.3 is 0 Å². The van der Waals surface area contributed by atoms with Crippen LogP contribution in [-0.2, 0) is 6.54 Å². The van der Waals surface area contributed by atoms with E-state index < -0.39 is 0 Å². The van der Waals surface area contributed by atoms with E-state index in [2.05, 4.69) is 63.9 Å². The number of benzene rings is 2. The molecule has 0 saturated carbocycles. The van der Waals surface area contributed by atoms with E-state index in [4.69, 9.17) is 11.6 Å². The first-order valence-electron chi connectivity index (χ1n) is 8.88. The Balaban J connectivity index is 1.54. The van der Waals surface area contributed by atoms with E-state index >= 15 is 0 Å². The van der Waals surface area contributed by atoms with E-state index in [0.29, 0.717) is 6.54 Å². The molecule has 4 nitrogen and oxygen atoms in total. The van der Waals surface area contributed by atoms with Crippen LogP contribution in [0.5, 0.6) is 0 Å². The number of rotatable bonds is 5. The summed E-state index contributed by atoms with van der Waals surface area (Å²) in [4.78, 5) is 6.65. The fourth-order valence-corrected chi connectivity index (χ4v) is 3.30. The lowest BCUT2D eigenvalue weighted by Crippen LogP contribution is -2.38. The van der Waals surface area contributed by atoms with Gasteiger partial charge in [0.25, 0.3) is 0 Å². The smallest absolute Gasteiger partial charge is 0.191 e. The molecule has 3 rings (SSSR count). The molecular formula is C21H25ClN4. The molecule has 0 aromatic heterocycles. The van der Waals surface area contributed by atoms with E-state index in [1.807, 2.05) is 24.3 Å². The highest BCUT2D eigenvalue weighted by molar-refractivity contribution is 6.31. The maximum Gasteiger partial charge on any atom is 0.191 e. The lowest BCUT2D eigenvalue weighted by Gasteiger charge is -2.20. The van der Waals surface area contributed by atoms with Crippen LogP contribution in [0, 0.1) is 0 Å². The van der Waals surface area contributed by atoms with Gasteiger partial charge < -0.3 is 15.5 Å². The van der Waals surface area contributed by atoms with Crippen LogP contribution in [0.4, 0.5) is 5.69 Å². The van der Waals surface area contributed by atoms with Crippen LogP contribution >= 0.6 is 11.6 Å². The summed E-state index contributed by atoms with van der Waals surface area (Å²) in [6.07, 6.45) is 4.40. The van der Waals surface area contributed by atoms with Gasteiger partial charge in [-0.25, -0.2) is 0 Å². The third kappa shape index (κ3) is 4.58. The van der Waals surface area contributed by atoms with Gasteiger partial charge in [-0.05, 0) is 36.2 Å². The second kappa shape index (κ2) is 8.77. The van der Waals surface area contributed by atoms with Crippen LogP contribution in [0.2, 0.25) is 5.02 Å². The van der Waals surface area contributed by atoms with Crippen molar-refractivity contribution in [2.45, 2.75) is 19.5 Å². The van der Waals surface area contributed by atoms with Crippen molar-refractivity contribution < 1.29 is 0 Å². The number of hydrogen-bond donors (Lipinski definition) is 2. The van der Waals surface area contributed by atoms with Crippen molar-refractivity contribution in [3.8, 4) is 0 Å². The third-order valence-electron chi connectivity index (χ3n) is 4.53. The van der Waals surface area contributed by atoms with Crippen LogP contribution < -0.4 is 15.5 Å². The van der Waals surface area contributed by atoms with Gasteiger partial charge in [0, 0.05) is 37.4 Å².